The van der Waals surface area contributed by atoms with E-state index in [1.54, 1.807) is 0 Å². The van der Waals surface area contributed by atoms with E-state index in [1.807, 2.05) is 73.3 Å². The van der Waals surface area contributed by atoms with E-state index >= 15 is 0 Å². The molecular weight excluding hydrogens is 372 g/mol. The van der Waals surface area contributed by atoms with Crippen LogP contribution in [0.2, 0.25) is 0 Å². The summed E-state index contributed by atoms with van der Waals surface area (Å²) in [6.07, 6.45) is 0.844. The predicted molar refractivity (Wildman–Crippen MR) is 121 cm³/mol. The molecule has 0 bridgehead atoms. The molecule has 0 saturated carbocycles. The first-order valence-corrected chi connectivity index (χ1v) is 10.5. The maximum atomic E-state index is 13.6. The van der Waals surface area contributed by atoms with Crippen LogP contribution < -0.4 is 10.1 Å². The van der Waals surface area contributed by atoms with Crippen LogP contribution in [-0.2, 0) is 12.2 Å². The standard InChI is InChI=1S/C26H28N2O2/c1-4-26(21-14-16-22(17-15-21)30-19(2)3)27-24-13-9-8-12-23(24)25(29)28(26)18-20-10-6-5-7-11-20/h5-17,19,27H,4,18H2,1-3H3. The van der Waals surface area contributed by atoms with Crippen molar-refractivity contribution < 1.29 is 9.53 Å². The van der Waals surface area contributed by atoms with Crippen LogP contribution >= 0.6 is 0 Å². The number of hydrogen-bond donors (Lipinski definition) is 1. The third-order valence-corrected chi connectivity index (χ3v) is 5.60. The number of para-hydroxylation sites is 1. The molecule has 0 radical (unpaired) electrons. The zero-order valence-corrected chi connectivity index (χ0v) is 17.8. The van der Waals surface area contributed by atoms with Gasteiger partial charge in [0.25, 0.3) is 5.91 Å². The number of ether oxygens (including phenoxy) is 1. The Morgan fingerprint density at radius 1 is 0.933 bits per heavy atom. The molecule has 0 spiro atoms. The number of nitrogens with one attached hydrogen (secondary N) is 1. The molecule has 1 atom stereocenters. The average Bonchev–Trinajstić information content (AvgIpc) is 2.76. The highest BCUT2D eigenvalue weighted by Gasteiger charge is 2.44. The van der Waals surface area contributed by atoms with E-state index in [-0.39, 0.29) is 12.0 Å². The SMILES string of the molecule is CCC1(c2ccc(OC(C)C)cc2)Nc2ccccc2C(=O)N1Cc1ccccc1. The summed E-state index contributed by atoms with van der Waals surface area (Å²) in [6, 6.07) is 26.0. The Bertz CT molecular complexity index is 1010. The summed E-state index contributed by atoms with van der Waals surface area (Å²) in [5.74, 6) is 0.870. The van der Waals surface area contributed by atoms with Gasteiger partial charge >= 0.3 is 0 Å². The zero-order valence-electron chi connectivity index (χ0n) is 17.8. The molecule has 4 rings (SSSR count). The number of hydrogen-bond acceptors (Lipinski definition) is 3. The number of fused-ring (bicyclic) bond motifs is 1. The molecule has 30 heavy (non-hydrogen) atoms. The highest BCUT2D eigenvalue weighted by atomic mass is 16.5. The van der Waals surface area contributed by atoms with E-state index < -0.39 is 5.66 Å². The molecule has 1 aliphatic heterocycles. The van der Waals surface area contributed by atoms with E-state index in [2.05, 4.69) is 36.5 Å². The van der Waals surface area contributed by atoms with Crippen LogP contribution in [0.4, 0.5) is 5.69 Å². The number of nitrogens with zero attached hydrogens (tertiary/aromatic N) is 1. The van der Waals surface area contributed by atoms with Gasteiger partial charge in [-0.05, 0) is 55.7 Å². The van der Waals surface area contributed by atoms with Crippen LogP contribution in [0.5, 0.6) is 5.75 Å². The number of amides is 1. The molecule has 1 amide bonds. The van der Waals surface area contributed by atoms with Crippen LogP contribution in [0.3, 0.4) is 0 Å². The van der Waals surface area contributed by atoms with Gasteiger partial charge in [0.1, 0.15) is 11.4 Å². The monoisotopic (exact) mass is 400 g/mol. The summed E-state index contributed by atoms with van der Waals surface area (Å²) < 4.78 is 5.82. The maximum Gasteiger partial charge on any atom is 0.258 e. The van der Waals surface area contributed by atoms with Crippen LogP contribution in [0.25, 0.3) is 0 Å². The van der Waals surface area contributed by atoms with Gasteiger partial charge in [-0.2, -0.15) is 0 Å². The van der Waals surface area contributed by atoms with Gasteiger partial charge in [0, 0.05) is 12.2 Å². The van der Waals surface area contributed by atoms with Gasteiger partial charge < -0.3 is 15.0 Å². The third-order valence-electron chi connectivity index (χ3n) is 5.60. The summed E-state index contributed by atoms with van der Waals surface area (Å²) in [6.45, 7) is 6.67. The zero-order chi connectivity index (χ0) is 21.1. The number of benzene rings is 3. The van der Waals surface area contributed by atoms with E-state index in [1.165, 1.54) is 0 Å². The lowest BCUT2D eigenvalue weighted by atomic mass is 9.89. The summed E-state index contributed by atoms with van der Waals surface area (Å²) >= 11 is 0. The lowest BCUT2D eigenvalue weighted by Gasteiger charge is -2.48. The average molecular weight is 401 g/mol. The van der Waals surface area contributed by atoms with Gasteiger partial charge in [-0.15, -0.1) is 0 Å². The Morgan fingerprint density at radius 3 is 2.27 bits per heavy atom. The van der Waals surface area contributed by atoms with E-state index in [0.717, 1.165) is 29.0 Å². The van der Waals surface area contributed by atoms with Crippen molar-refractivity contribution in [2.24, 2.45) is 0 Å². The fraction of sp³-hybridized carbons (Fsp3) is 0.269. The molecule has 1 N–H and O–H groups in total. The van der Waals surface area contributed by atoms with Crippen molar-refractivity contribution in [3.63, 3.8) is 0 Å². The smallest absolute Gasteiger partial charge is 0.258 e. The molecule has 1 unspecified atom stereocenters. The second kappa shape index (κ2) is 8.23. The Hall–Kier alpha value is -3.27. The van der Waals surface area contributed by atoms with Gasteiger partial charge in [-0.25, -0.2) is 0 Å². The number of anilines is 1. The molecule has 4 heteroatoms. The van der Waals surface area contributed by atoms with E-state index in [4.69, 9.17) is 4.74 Å². The Morgan fingerprint density at radius 2 is 1.60 bits per heavy atom. The minimum Gasteiger partial charge on any atom is -0.491 e. The maximum absolute atomic E-state index is 13.6. The fourth-order valence-electron chi connectivity index (χ4n) is 4.15. The normalized spacial score (nSPS) is 18.1. The number of rotatable bonds is 6. The van der Waals surface area contributed by atoms with Crippen LogP contribution in [0, 0.1) is 0 Å². The molecule has 4 nitrogen and oxygen atoms in total. The van der Waals surface area contributed by atoms with Crippen molar-refractivity contribution in [1.82, 2.24) is 4.90 Å². The van der Waals surface area contributed by atoms with E-state index in [0.29, 0.717) is 12.1 Å². The van der Waals surface area contributed by atoms with E-state index in [9.17, 15) is 4.79 Å². The van der Waals surface area contributed by atoms with Crippen molar-refractivity contribution >= 4 is 11.6 Å². The Labute approximate surface area is 178 Å². The van der Waals surface area contributed by atoms with Gasteiger partial charge in [-0.3, -0.25) is 4.79 Å². The van der Waals surface area contributed by atoms with Crippen molar-refractivity contribution in [2.75, 3.05) is 5.32 Å². The lowest BCUT2D eigenvalue weighted by molar-refractivity contribution is 0.0454. The molecule has 0 fully saturated rings. The quantitative estimate of drug-likeness (QED) is 0.568. The molecule has 0 saturated heterocycles. The molecule has 1 heterocycles. The molecule has 0 aliphatic carbocycles. The minimum absolute atomic E-state index is 0.0394. The first-order valence-electron chi connectivity index (χ1n) is 10.5. The van der Waals surface area contributed by atoms with Gasteiger partial charge in [0.15, 0.2) is 0 Å². The topological polar surface area (TPSA) is 41.6 Å². The summed E-state index contributed by atoms with van der Waals surface area (Å²) in [5, 5.41) is 3.70. The first-order chi connectivity index (χ1) is 14.5. The fourth-order valence-corrected chi connectivity index (χ4v) is 4.15. The lowest BCUT2D eigenvalue weighted by Crippen LogP contribution is -2.56. The van der Waals surface area contributed by atoms with Crippen LogP contribution in [0.15, 0.2) is 78.9 Å². The second-order valence-corrected chi connectivity index (χ2v) is 7.95. The largest absolute Gasteiger partial charge is 0.491 e. The van der Waals surface area contributed by atoms with Gasteiger partial charge in [0.2, 0.25) is 0 Å². The van der Waals surface area contributed by atoms with Crippen molar-refractivity contribution in [3.8, 4) is 5.75 Å². The van der Waals surface area contributed by atoms with Gasteiger partial charge in [-0.1, -0.05) is 61.5 Å². The van der Waals surface area contributed by atoms with Crippen molar-refractivity contribution in [3.05, 3.63) is 95.6 Å². The molecule has 0 aromatic heterocycles. The molecule has 3 aromatic carbocycles. The van der Waals surface area contributed by atoms with Crippen LogP contribution in [0.1, 0.15) is 48.7 Å². The molecular formula is C26H28N2O2. The first kappa shape index (κ1) is 20.0. The Kier molecular flexibility index (Phi) is 5.49. The molecule has 1 aliphatic rings. The highest BCUT2D eigenvalue weighted by molar-refractivity contribution is 6.02. The highest BCUT2D eigenvalue weighted by Crippen LogP contribution is 2.41. The molecule has 154 valence electrons. The van der Waals surface area contributed by atoms with Crippen molar-refractivity contribution in [1.29, 1.82) is 0 Å². The minimum atomic E-state index is -0.641. The van der Waals surface area contributed by atoms with Crippen LogP contribution in [-0.4, -0.2) is 16.9 Å². The summed E-state index contributed by atoms with van der Waals surface area (Å²) in [4.78, 5) is 15.6. The number of carbonyl (C=O) groups is 1. The van der Waals surface area contributed by atoms with Crippen molar-refractivity contribution in [2.45, 2.75) is 45.5 Å². The Balaban J connectivity index is 1.80. The molecule has 3 aromatic rings. The summed E-state index contributed by atoms with van der Waals surface area (Å²) in [7, 11) is 0. The van der Waals surface area contributed by atoms with Gasteiger partial charge in [0.05, 0.1) is 11.7 Å². The number of carbonyl (C=O) groups excluding carboxylic acids is 1. The summed E-state index contributed by atoms with van der Waals surface area (Å²) in [5.41, 5.74) is 3.08. The second-order valence-electron chi connectivity index (χ2n) is 7.95. The predicted octanol–water partition coefficient (Wildman–Crippen LogP) is 5.80. The third kappa shape index (κ3) is 3.65.